The number of hydrogen-bond acceptors (Lipinski definition) is 4. The van der Waals surface area contributed by atoms with E-state index in [0.717, 1.165) is 12.8 Å². The molecule has 7 heteroatoms. The number of hydrogen-bond donors (Lipinski definition) is 1. The molecule has 0 spiro atoms. The minimum atomic E-state index is -0.461. The Kier molecular flexibility index (Phi) is 4.13. The fourth-order valence-corrected chi connectivity index (χ4v) is 2.46. The van der Waals surface area contributed by atoms with Crippen LogP contribution in [0, 0.1) is 5.92 Å². The molecule has 116 valence electrons. The highest BCUT2D eigenvalue weighted by Gasteiger charge is 2.31. The summed E-state index contributed by atoms with van der Waals surface area (Å²) in [5, 5.41) is 18.8. The number of carbonyl (C=O) groups excluding carboxylic acids is 1. The summed E-state index contributed by atoms with van der Waals surface area (Å²) in [7, 11) is 1.66. The number of amides is 1. The fourth-order valence-electron chi connectivity index (χ4n) is 2.28. The smallest absolute Gasteiger partial charge is 0.275 e. The Balaban J connectivity index is 1.71. The Bertz CT molecular complexity index is 684. The maximum absolute atomic E-state index is 12.3. The number of aliphatic hydroxyl groups excluding tert-OH is 1. The number of aliphatic hydroxyl groups is 1. The van der Waals surface area contributed by atoms with Gasteiger partial charge in [0.2, 0.25) is 0 Å². The first-order chi connectivity index (χ1) is 10.5. The predicted octanol–water partition coefficient (Wildman–Crippen LogP) is 1.76. The van der Waals surface area contributed by atoms with Crippen LogP contribution >= 0.6 is 11.6 Å². The number of carbonyl (C=O) groups is 1. The summed E-state index contributed by atoms with van der Waals surface area (Å²) < 4.78 is 0. The Labute approximate surface area is 133 Å². The van der Waals surface area contributed by atoms with Gasteiger partial charge in [-0.3, -0.25) is 4.79 Å². The molecule has 0 aliphatic heterocycles. The summed E-state index contributed by atoms with van der Waals surface area (Å²) in [4.78, 5) is 15.2. The highest BCUT2D eigenvalue weighted by molar-refractivity contribution is 6.30. The van der Waals surface area contributed by atoms with Crippen molar-refractivity contribution in [3.63, 3.8) is 0 Å². The summed E-state index contributed by atoms with van der Waals surface area (Å²) in [6, 6.07) is 7.07. The summed E-state index contributed by atoms with van der Waals surface area (Å²) in [6.45, 7) is 0.313. The molecule has 1 aliphatic rings. The van der Waals surface area contributed by atoms with E-state index in [9.17, 15) is 9.90 Å². The van der Waals surface area contributed by atoms with Gasteiger partial charge in [-0.25, -0.2) is 0 Å². The second-order valence-electron chi connectivity index (χ2n) is 5.59. The lowest BCUT2D eigenvalue weighted by Crippen LogP contribution is -2.35. The quantitative estimate of drug-likeness (QED) is 0.911. The second-order valence-corrected chi connectivity index (χ2v) is 6.03. The molecule has 3 rings (SSSR count). The van der Waals surface area contributed by atoms with E-state index in [0.29, 0.717) is 23.2 Å². The standard InChI is InChI=1S/C15H17ClN4O2/c1-19(9-14(21)10-5-6-10)15(22)13-8-17-20(18-13)12-4-2-3-11(16)7-12/h2-4,7-8,10,14,21H,5-6,9H2,1H3. The van der Waals surface area contributed by atoms with Crippen LogP contribution in [0.4, 0.5) is 0 Å². The fraction of sp³-hybridized carbons (Fsp3) is 0.400. The summed E-state index contributed by atoms with van der Waals surface area (Å²) in [5.74, 6) is 0.0744. The first-order valence-electron chi connectivity index (χ1n) is 7.16. The highest BCUT2D eigenvalue weighted by Crippen LogP contribution is 2.32. The average Bonchev–Trinajstić information content (AvgIpc) is 3.24. The second kappa shape index (κ2) is 6.06. The molecule has 1 aromatic carbocycles. The van der Waals surface area contributed by atoms with E-state index in [1.807, 2.05) is 0 Å². The van der Waals surface area contributed by atoms with E-state index in [1.165, 1.54) is 15.9 Å². The molecular weight excluding hydrogens is 304 g/mol. The molecule has 22 heavy (non-hydrogen) atoms. The molecule has 1 N–H and O–H groups in total. The monoisotopic (exact) mass is 320 g/mol. The van der Waals surface area contributed by atoms with Gasteiger partial charge in [0, 0.05) is 18.6 Å². The summed E-state index contributed by atoms with van der Waals surface area (Å²) in [5.41, 5.74) is 0.928. The lowest BCUT2D eigenvalue weighted by molar-refractivity contribution is 0.0640. The molecule has 1 heterocycles. The number of nitrogens with zero attached hydrogens (tertiary/aromatic N) is 4. The van der Waals surface area contributed by atoms with Crippen LogP contribution in [0.15, 0.2) is 30.5 Å². The lowest BCUT2D eigenvalue weighted by Gasteiger charge is -2.19. The Morgan fingerprint density at radius 1 is 1.55 bits per heavy atom. The zero-order valence-electron chi connectivity index (χ0n) is 12.2. The van der Waals surface area contributed by atoms with Gasteiger partial charge in [0.25, 0.3) is 5.91 Å². The first-order valence-corrected chi connectivity index (χ1v) is 7.54. The summed E-state index contributed by atoms with van der Waals surface area (Å²) >= 11 is 5.94. The number of benzene rings is 1. The summed E-state index contributed by atoms with van der Waals surface area (Å²) in [6.07, 6.45) is 3.03. The van der Waals surface area contributed by atoms with Crippen LogP contribution in [0.25, 0.3) is 5.69 Å². The third kappa shape index (κ3) is 3.28. The number of rotatable bonds is 5. The van der Waals surface area contributed by atoms with Gasteiger partial charge in [-0.15, -0.1) is 5.10 Å². The van der Waals surface area contributed by atoms with E-state index in [2.05, 4.69) is 10.2 Å². The molecule has 6 nitrogen and oxygen atoms in total. The van der Waals surface area contributed by atoms with Crippen LogP contribution < -0.4 is 0 Å². The van der Waals surface area contributed by atoms with Gasteiger partial charge in [0.15, 0.2) is 5.69 Å². The molecule has 1 fully saturated rings. The largest absolute Gasteiger partial charge is 0.391 e. The van der Waals surface area contributed by atoms with Gasteiger partial charge >= 0.3 is 0 Å². The van der Waals surface area contributed by atoms with Crippen molar-refractivity contribution in [1.82, 2.24) is 19.9 Å². The SMILES string of the molecule is CN(CC(O)C1CC1)C(=O)c1cnn(-c2cccc(Cl)c2)n1. The molecule has 0 radical (unpaired) electrons. The third-order valence-electron chi connectivity index (χ3n) is 3.72. The lowest BCUT2D eigenvalue weighted by atomic mass is 10.2. The van der Waals surface area contributed by atoms with Crippen LogP contribution in [0.2, 0.25) is 5.02 Å². The van der Waals surface area contributed by atoms with Gasteiger partial charge in [-0.1, -0.05) is 17.7 Å². The Morgan fingerprint density at radius 3 is 3.00 bits per heavy atom. The van der Waals surface area contributed by atoms with Crippen molar-refractivity contribution in [2.24, 2.45) is 5.92 Å². The van der Waals surface area contributed by atoms with E-state index in [4.69, 9.17) is 11.6 Å². The molecule has 1 amide bonds. The van der Waals surface area contributed by atoms with Crippen molar-refractivity contribution in [2.75, 3.05) is 13.6 Å². The normalized spacial score (nSPS) is 15.6. The zero-order valence-corrected chi connectivity index (χ0v) is 12.9. The molecule has 1 atom stereocenters. The Morgan fingerprint density at radius 2 is 2.32 bits per heavy atom. The maximum Gasteiger partial charge on any atom is 0.275 e. The zero-order chi connectivity index (χ0) is 15.7. The predicted molar refractivity (Wildman–Crippen MR) is 82.1 cm³/mol. The average molecular weight is 321 g/mol. The minimum Gasteiger partial charge on any atom is -0.391 e. The molecule has 2 aromatic rings. The van der Waals surface area contributed by atoms with Crippen LogP contribution in [0.5, 0.6) is 0 Å². The number of aromatic nitrogens is 3. The van der Waals surface area contributed by atoms with E-state index in [1.54, 1.807) is 31.3 Å². The van der Waals surface area contributed by atoms with Crippen LogP contribution in [-0.4, -0.2) is 50.6 Å². The van der Waals surface area contributed by atoms with Crippen molar-refractivity contribution in [3.8, 4) is 5.69 Å². The van der Waals surface area contributed by atoms with Crippen LogP contribution in [0.1, 0.15) is 23.3 Å². The van der Waals surface area contributed by atoms with Crippen molar-refractivity contribution < 1.29 is 9.90 Å². The van der Waals surface area contributed by atoms with Gasteiger partial charge < -0.3 is 10.0 Å². The van der Waals surface area contributed by atoms with Crippen LogP contribution in [-0.2, 0) is 0 Å². The van der Waals surface area contributed by atoms with Crippen LogP contribution in [0.3, 0.4) is 0 Å². The first kappa shape index (κ1) is 15.0. The Hall–Kier alpha value is -1.92. The van der Waals surface area contributed by atoms with Crippen molar-refractivity contribution in [2.45, 2.75) is 18.9 Å². The maximum atomic E-state index is 12.3. The molecule has 1 aliphatic carbocycles. The van der Waals surface area contributed by atoms with E-state index >= 15 is 0 Å². The highest BCUT2D eigenvalue weighted by atomic mass is 35.5. The van der Waals surface area contributed by atoms with Gasteiger partial charge in [0.1, 0.15) is 0 Å². The van der Waals surface area contributed by atoms with Crippen molar-refractivity contribution >= 4 is 17.5 Å². The van der Waals surface area contributed by atoms with Gasteiger partial charge in [0.05, 0.1) is 18.0 Å². The molecule has 1 unspecified atom stereocenters. The minimum absolute atomic E-state index is 0.241. The van der Waals surface area contributed by atoms with E-state index < -0.39 is 6.10 Å². The number of halogens is 1. The molecular formula is C15H17ClN4O2. The van der Waals surface area contributed by atoms with Gasteiger partial charge in [-0.2, -0.15) is 9.90 Å². The molecule has 1 saturated carbocycles. The number of likely N-dealkylation sites (N-methyl/N-ethyl adjacent to an activating group) is 1. The van der Waals surface area contributed by atoms with E-state index in [-0.39, 0.29) is 11.6 Å². The molecule has 0 saturated heterocycles. The van der Waals surface area contributed by atoms with Crippen molar-refractivity contribution in [1.29, 1.82) is 0 Å². The topological polar surface area (TPSA) is 71.2 Å². The van der Waals surface area contributed by atoms with Crippen molar-refractivity contribution in [3.05, 3.63) is 41.2 Å². The molecule has 0 bridgehead atoms. The third-order valence-corrected chi connectivity index (χ3v) is 3.96. The van der Waals surface area contributed by atoms with Gasteiger partial charge in [-0.05, 0) is 37.0 Å². The molecule has 1 aromatic heterocycles.